The van der Waals surface area contributed by atoms with Crippen LogP contribution < -0.4 is 0 Å². The molecule has 0 aliphatic heterocycles. The van der Waals surface area contributed by atoms with Gasteiger partial charge in [0, 0.05) is 19.3 Å². The van der Waals surface area contributed by atoms with E-state index in [0.29, 0.717) is 19.3 Å². The number of rotatable bonds is 58. The first-order valence-corrected chi connectivity index (χ1v) is 31.8. The van der Waals surface area contributed by atoms with Gasteiger partial charge < -0.3 is 14.2 Å². The highest BCUT2D eigenvalue weighted by molar-refractivity contribution is 5.71. The number of allylic oxidation sites excluding steroid dienone is 10. The van der Waals surface area contributed by atoms with Gasteiger partial charge in [-0.25, -0.2) is 0 Å². The Morgan fingerprint density at radius 3 is 0.904 bits per heavy atom. The molecule has 73 heavy (non-hydrogen) atoms. The summed E-state index contributed by atoms with van der Waals surface area (Å²) < 4.78 is 16.9. The zero-order valence-corrected chi connectivity index (χ0v) is 48.7. The second kappa shape index (κ2) is 61.7. The SMILES string of the molecule is CC/C=C\C/C=C\C/C=C\C/C=C\CCCCCCCCCCCCC(=O)OCC(COC(=O)CCCCCCC/C=C\CCC)OC(=O)CCCCCCCCCCCCCCCCCCCCCCCC. The number of unbranched alkanes of at least 4 members (excludes halogenated alkanes) is 37. The van der Waals surface area contributed by atoms with E-state index in [9.17, 15) is 14.4 Å². The maximum Gasteiger partial charge on any atom is 0.306 e. The highest BCUT2D eigenvalue weighted by atomic mass is 16.6. The van der Waals surface area contributed by atoms with Crippen molar-refractivity contribution in [3.63, 3.8) is 0 Å². The van der Waals surface area contributed by atoms with Crippen LogP contribution in [-0.2, 0) is 28.6 Å². The van der Waals surface area contributed by atoms with Crippen molar-refractivity contribution in [1.29, 1.82) is 0 Å². The minimum Gasteiger partial charge on any atom is -0.462 e. The van der Waals surface area contributed by atoms with E-state index in [1.807, 2.05) is 0 Å². The van der Waals surface area contributed by atoms with Crippen LogP contribution in [0.3, 0.4) is 0 Å². The molecule has 1 unspecified atom stereocenters. The van der Waals surface area contributed by atoms with E-state index in [4.69, 9.17) is 14.2 Å². The molecule has 0 bridgehead atoms. The largest absolute Gasteiger partial charge is 0.462 e. The van der Waals surface area contributed by atoms with Gasteiger partial charge in [-0.1, -0.05) is 293 Å². The quantitative estimate of drug-likeness (QED) is 0.0261. The van der Waals surface area contributed by atoms with Crippen LogP contribution >= 0.6 is 0 Å². The van der Waals surface area contributed by atoms with Crippen molar-refractivity contribution in [2.75, 3.05) is 13.2 Å². The smallest absolute Gasteiger partial charge is 0.306 e. The number of carbonyl (C=O) groups excluding carboxylic acids is 3. The van der Waals surface area contributed by atoms with Crippen molar-refractivity contribution in [3.05, 3.63) is 60.8 Å². The van der Waals surface area contributed by atoms with Gasteiger partial charge in [-0.3, -0.25) is 14.4 Å². The lowest BCUT2D eigenvalue weighted by Crippen LogP contribution is -2.30. The minimum atomic E-state index is -0.777. The molecule has 0 heterocycles. The van der Waals surface area contributed by atoms with E-state index in [2.05, 4.69) is 81.5 Å². The molecule has 0 radical (unpaired) electrons. The molecule has 0 aromatic heterocycles. The van der Waals surface area contributed by atoms with Gasteiger partial charge in [-0.05, 0) is 77.0 Å². The molecule has 0 aromatic carbocycles. The van der Waals surface area contributed by atoms with Gasteiger partial charge in [0.15, 0.2) is 6.10 Å². The summed E-state index contributed by atoms with van der Waals surface area (Å²) in [7, 11) is 0. The molecule has 0 amide bonds. The first kappa shape index (κ1) is 70.1. The zero-order chi connectivity index (χ0) is 52.9. The molecule has 0 spiro atoms. The Bertz CT molecular complexity index is 1310. The van der Waals surface area contributed by atoms with E-state index in [0.717, 1.165) is 96.3 Å². The van der Waals surface area contributed by atoms with Crippen LogP contribution in [0.1, 0.15) is 329 Å². The number of hydrogen-bond donors (Lipinski definition) is 0. The summed E-state index contributed by atoms with van der Waals surface area (Å²) in [5, 5.41) is 0. The lowest BCUT2D eigenvalue weighted by atomic mass is 10.0. The number of esters is 3. The van der Waals surface area contributed by atoms with Gasteiger partial charge in [0.2, 0.25) is 0 Å². The van der Waals surface area contributed by atoms with Crippen LogP contribution in [-0.4, -0.2) is 37.2 Å². The van der Waals surface area contributed by atoms with E-state index in [1.54, 1.807) is 0 Å². The average molecular weight is 1020 g/mol. The van der Waals surface area contributed by atoms with Crippen LogP contribution in [0, 0.1) is 0 Å². The Morgan fingerprint density at radius 2 is 0.562 bits per heavy atom. The Balaban J connectivity index is 4.22. The molecule has 0 saturated heterocycles. The number of carbonyl (C=O) groups is 3. The van der Waals surface area contributed by atoms with Gasteiger partial charge in [-0.15, -0.1) is 0 Å². The fourth-order valence-corrected chi connectivity index (χ4v) is 9.26. The van der Waals surface area contributed by atoms with E-state index in [1.165, 1.54) is 193 Å². The molecule has 0 aliphatic carbocycles. The summed E-state index contributed by atoms with van der Waals surface area (Å²) in [6.07, 6.45) is 78.1. The first-order chi connectivity index (χ1) is 36.0. The maximum absolute atomic E-state index is 12.9. The van der Waals surface area contributed by atoms with Gasteiger partial charge in [-0.2, -0.15) is 0 Å². The summed E-state index contributed by atoms with van der Waals surface area (Å²) >= 11 is 0. The minimum absolute atomic E-state index is 0.0760. The molecule has 0 aliphatic rings. The molecule has 0 aromatic rings. The Hall–Kier alpha value is -2.89. The summed E-state index contributed by atoms with van der Waals surface area (Å²) in [5.41, 5.74) is 0. The van der Waals surface area contributed by atoms with Crippen LogP contribution in [0.4, 0.5) is 0 Å². The van der Waals surface area contributed by atoms with Crippen molar-refractivity contribution in [2.45, 2.75) is 335 Å². The lowest BCUT2D eigenvalue weighted by molar-refractivity contribution is -0.167. The lowest BCUT2D eigenvalue weighted by Gasteiger charge is -2.18. The number of ether oxygens (including phenoxy) is 3. The molecule has 6 heteroatoms. The fraction of sp³-hybridized carbons (Fsp3) is 0.806. The Labute approximate surface area is 453 Å². The third-order valence-corrected chi connectivity index (χ3v) is 14.0. The van der Waals surface area contributed by atoms with Crippen LogP contribution in [0.25, 0.3) is 0 Å². The standard InChI is InChI=1S/C67H120O6/c1-4-7-10-13-16-19-22-24-26-28-30-32-34-36-37-39-41-43-45-48-51-54-57-60-66(69)72-63-64(62-71-65(68)59-56-53-50-47-21-18-15-12-9-6-3)73-67(70)61-58-55-52-49-46-44-42-40-38-35-33-31-29-27-25-23-20-17-14-11-8-5-2/h7,10,12,15-16,19,24,26,30,32,64H,4-6,8-9,11,13-14,17-18,20-23,25,27-29,31,33-63H2,1-3H3/b10-7-,15-12-,19-16-,26-24-,32-30-. The summed E-state index contributed by atoms with van der Waals surface area (Å²) in [6, 6.07) is 0. The average Bonchev–Trinajstić information content (AvgIpc) is 3.39. The normalized spacial score (nSPS) is 12.4. The monoisotopic (exact) mass is 1020 g/mol. The van der Waals surface area contributed by atoms with E-state index < -0.39 is 6.10 Å². The van der Waals surface area contributed by atoms with Crippen molar-refractivity contribution in [1.82, 2.24) is 0 Å². The summed E-state index contributed by atoms with van der Waals surface area (Å²) in [6.45, 7) is 6.50. The molecular weight excluding hydrogens is 901 g/mol. The Kier molecular flexibility index (Phi) is 59.2. The predicted molar refractivity (Wildman–Crippen MR) is 316 cm³/mol. The molecular formula is C67H120O6. The third kappa shape index (κ3) is 59.9. The van der Waals surface area contributed by atoms with Gasteiger partial charge in [0.05, 0.1) is 0 Å². The maximum atomic E-state index is 12.9. The van der Waals surface area contributed by atoms with Crippen molar-refractivity contribution < 1.29 is 28.6 Å². The zero-order valence-electron chi connectivity index (χ0n) is 48.7. The fourth-order valence-electron chi connectivity index (χ4n) is 9.26. The topological polar surface area (TPSA) is 78.9 Å². The molecule has 0 saturated carbocycles. The highest BCUT2D eigenvalue weighted by Gasteiger charge is 2.19. The molecule has 0 N–H and O–H groups in total. The molecule has 424 valence electrons. The second-order valence-corrected chi connectivity index (χ2v) is 21.3. The first-order valence-electron chi connectivity index (χ1n) is 31.8. The molecule has 1 atom stereocenters. The number of hydrogen-bond acceptors (Lipinski definition) is 6. The van der Waals surface area contributed by atoms with Crippen LogP contribution in [0.5, 0.6) is 0 Å². The highest BCUT2D eigenvalue weighted by Crippen LogP contribution is 2.17. The van der Waals surface area contributed by atoms with Gasteiger partial charge in [0.25, 0.3) is 0 Å². The predicted octanol–water partition coefficient (Wildman–Crippen LogP) is 21.6. The van der Waals surface area contributed by atoms with Crippen molar-refractivity contribution in [2.24, 2.45) is 0 Å². The van der Waals surface area contributed by atoms with Crippen LogP contribution in [0.15, 0.2) is 60.8 Å². The Morgan fingerprint density at radius 1 is 0.288 bits per heavy atom. The molecule has 6 nitrogen and oxygen atoms in total. The van der Waals surface area contributed by atoms with Gasteiger partial charge in [0.1, 0.15) is 13.2 Å². The second-order valence-electron chi connectivity index (χ2n) is 21.3. The molecule has 0 rings (SSSR count). The third-order valence-electron chi connectivity index (χ3n) is 14.0. The molecule has 0 fully saturated rings. The van der Waals surface area contributed by atoms with E-state index in [-0.39, 0.29) is 31.1 Å². The van der Waals surface area contributed by atoms with Gasteiger partial charge >= 0.3 is 17.9 Å². The van der Waals surface area contributed by atoms with E-state index >= 15 is 0 Å². The van der Waals surface area contributed by atoms with Crippen molar-refractivity contribution >= 4 is 17.9 Å². The van der Waals surface area contributed by atoms with Crippen molar-refractivity contribution in [3.8, 4) is 0 Å². The van der Waals surface area contributed by atoms with Crippen LogP contribution in [0.2, 0.25) is 0 Å². The summed E-state index contributed by atoms with van der Waals surface area (Å²) in [5.74, 6) is -0.873. The summed E-state index contributed by atoms with van der Waals surface area (Å²) in [4.78, 5) is 38.2.